The van der Waals surface area contributed by atoms with E-state index in [0.717, 1.165) is 25.7 Å². The quantitative estimate of drug-likeness (QED) is 0.255. The van der Waals surface area contributed by atoms with Crippen LogP contribution in [0.25, 0.3) is 0 Å². The summed E-state index contributed by atoms with van der Waals surface area (Å²) >= 11 is 0. The first-order valence-electron chi connectivity index (χ1n) is 13.9. The molecule has 4 unspecified atom stereocenters. The summed E-state index contributed by atoms with van der Waals surface area (Å²) in [5.41, 5.74) is -0.725. The van der Waals surface area contributed by atoms with Gasteiger partial charge in [-0.15, -0.1) is 13.2 Å². The first-order valence-corrected chi connectivity index (χ1v) is 13.9. The molecule has 0 aromatic heterocycles. The number of ketones is 1. The Morgan fingerprint density at radius 3 is 2.18 bits per heavy atom. The summed E-state index contributed by atoms with van der Waals surface area (Å²) in [6.07, 6.45) is 6.22. The smallest absolute Gasteiger partial charge is 0.408 e. The molecule has 218 valence electrons. The van der Waals surface area contributed by atoms with Crippen molar-refractivity contribution in [1.82, 2.24) is 20.9 Å². The maximum absolute atomic E-state index is 14.0. The summed E-state index contributed by atoms with van der Waals surface area (Å²) in [6, 6.07) is -2.77. The van der Waals surface area contributed by atoms with E-state index in [2.05, 4.69) is 29.1 Å². The van der Waals surface area contributed by atoms with Gasteiger partial charge in [0, 0.05) is 13.1 Å². The highest BCUT2D eigenvalue weighted by atomic mass is 16.6. The molecule has 0 aromatic carbocycles. The van der Waals surface area contributed by atoms with Crippen molar-refractivity contribution >= 4 is 29.6 Å². The lowest BCUT2D eigenvalue weighted by Crippen LogP contribution is -2.57. The Kier molecular flexibility index (Phi) is 11.7. The number of nitrogens with one attached hydrogen (secondary N) is 3. The Balaban J connectivity index is 2.29. The van der Waals surface area contributed by atoms with Crippen LogP contribution in [0.15, 0.2) is 25.3 Å². The third-order valence-corrected chi connectivity index (χ3v) is 7.34. The van der Waals surface area contributed by atoms with E-state index in [1.165, 1.54) is 17.1 Å². The van der Waals surface area contributed by atoms with Gasteiger partial charge in [-0.1, -0.05) is 38.8 Å². The van der Waals surface area contributed by atoms with E-state index in [9.17, 15) is 24.0 Å². The van der Waals surface area contributed by atoms with Crippen molar-refractivity contribution in [2.45, 2.75) is 96.9 Å². The van der Waals surface area contributed by atoms with E-state index in [1.807, 2.05) is 13.8 Å². The van der Waals surface area contributed by atoms with E-state index in [4.69, 9.17) is 4.74 Å². The molecular weight excluding hydrogens is 500 g/mol. The van der Waals surface area contributed by atoms with Crippen LogP contribution in [0.3, 0.4) is 0 Å². The molecule has 4 amide bonds. The molecule has 2 aliphatic rings. The van der Waals surface area contributed by atoms with Crippen molar-refractivity contribution in [3.8, 4) is 0 Å². The Bertz CT molecular complexity index is 935. The van der Waals surface area contributed by atoms with Gasteiger partial charge in [-0.2, -0.15) is 0 Å². The van der Waals surface area contributed by atoms with Gasteiger partial charge in [0.15, 0.2) is 0 Å². The second-order valence-electron chi connectivity index (χ2n) is 11.9. The Morgan fingerprint density at radius 2 is 1.64 bits per heavy atom. The molecule has 39 heavy (non-hydrogen) atoms. The highest BCUT2D eigenvalue weighted by Gasteiger charge is 2.45. The van der Waals surface area contributed by atoms with Gasteiger partial charge in [0.2, 0.25) is 17.6 Å². The second kappa shape index (κ2) is 14.3. The number of ether oxygens (including phenoxy) is 1. The summed E-state index contributed by atoms with van der Waals surface area (Å²) in [4.78, 5) is 66.8. The topological polar surface area (TPSA) is 134 Å². The maximum atomic E-state index is 14.0. The molecule has 0 radical (unpaired) electrons. The number of hydrogen-bond acceptors (Lipinski definition) is 6. The van der Waals surface area contributed by atoms with Crippen molar-refractivity contribution < 1.29 is 28.7 Å². The lowest BCUT2D eigenvalue weighted by molar-refractivity contribution is -0.143. The summed E-state index contributed by atoms with van der Waals surface area (Å²) < 4.78 is 5.44. The molecule has 0 bridgehead atoms. The van der Waals surface area contributed by atoms with Gasteiger partial charge in [-0.05, 0) is 64.2 Å². The zero-order valence-electron chi connectivity index (χ0n) is 24.1. The molecule has 0 spiro atoms. The van der Waals surface area contributed by atoms with Gasteiger partial charge in [0.1, 0.15) is 23.7 Å². The first-order chi connectivity index (χ1) is 18.3. The Labute approximate surface area is 232 Å². The molecule has 1 saturated heterocycles. The predicted octanol–water partition coefficient (Wildman–Crippen LogP) is 2.88. The number of likely N-dealkylation sites (tertiary alicyclic amines) is 1. The normalized spacial score (nSPS) is 21.1. The number of Topliss-reactive ketones (excluding diaryl/α,β-unsaturated/α-hetero) is 1. The fourth-order valence-electron chi connectivity index (χ4n) is 5.20. The molecule has 1 saturated carbocycles. The zero-order valence-corrected chi connectivity index (χ0v) is 24.1. The van der Waals surface area contributed by atoms with Crippen molar-refractivity contribution in [2.75, 3.05) is 13.1 Å². The van der Waals surface area contributed by atoms with Crippen molar-refractivity contribution in [3.05, 3.63) is 25.3 Å². The van der Waals surface area contributed by atoms with Crippen LogP contribution in [-0.4, -0.2) is 71.3 Å². The Hall–Kier alpha value is -3.17. The number of rotatable bonds is 12. The van der Waals surface area contributed by atoms with Crippen LogP contribution < -0.4 is 16.0 Å². The SMILES string of the molecule is C=CCNC(=O)C(=O)C(CC=C)NC(=O)C1CC(C(C)C)CN1C(=O)C(NC(=O)OC(C)(C)C)C1CCCC1. The monoisotopic (exact) mass is 546 g/mol. The van der Waals surface area contributed by atoms with Gasteiger partial charge < -0.3 is 25.6 Å². The van der Waals surface area contributed by atoms with Crippen molar-refractivity contribution in [1.29, 1.82) is 0 Å². The van der Waals surface area contributed by atoms with Crippen LogP contribution in [0.4, 0.5) is 4.79 Å². The van der Waals surface area contributed by atoms with E-state index in [0.29, 0.717) is 13.0 Å². The van der Waals surface area contributed by atoms with E-state index >= 15 is 0 Å². The maximum Gasteiger partial charge on any atom is 0.408 e. The minimum Gasteiger partial charge on any atom is -0.444 e. The van der Waals surface area contributed by atoms with Crippen LogP contribution in [0, 0.1) is 17.8 Å². The highest BCUT2D eigenvalue weighted by Crippen LogP contribution is 2.33. The van der Waals surface area contributed by atoms with Crippen molar-refractivity contribution in [3.63, 3.8) is 0 Å². The standard InChI is InChI=1S/C29H46N4O6/c1-8-12-21(24(34)26(36)30-15-9-2)31-25(35)22-16-20(18(3)4)17-33(22)27(37)23(19-13-10-11-14-19)32-28(38)39-29(5,6)7/h8-9,18-23H,1-2,10-17H2,3-7H3,(H,30,36)(H,31,35)(H,32,38). The van der Waals surface area contributed by atoms with Gasteiger partial charge in [0.05, 0.1) is 0 Å². The average molecular weight is 547 g/mol. The molecular formula is C29H46N4O6. The summed E-state index contributed by atoms with van der Waals surface area (Å²) in [5, 5.41) is 7.92. The molecule has 1 aliphatic carbocycles. The molecule has 1 aliphatic heterocycles. The predicted molar refractivity (Wildman–Crippen MR) is 149 cm³/mol. The molecule has 2 rings (SSSR count). The number of carbonyl (C=O) groups excluding carboxylic acids is 5. The lowest BCUT2D eigenvalue weighted by Gasteiger charge is -2.32. The zero-order chi connectivity index (χ0) is 29.3. The fourth-order valence-corrected chi connectivity index (χ4v) is 5.20. The third kappa shape index (κ3) is 9.21. The van der Waals surface area contributed by atoms with Crippen LogP contribution in [0.1, 0.15) is 73.1 Å². The minimum absolute atomic E-state index is 0.0555. The molecule has 10 nitrogen and oxygen atoms in total. The molecule has 4 atom stereocenters. The second-order valence-corrected chi connectivity index (χ2v) is 11.9. The summed E-state index contributed by atoms with van der Waals surface area (Å²) in [7, 11) is 0. The van der Waals surface area contributed by atoms with Gasteiger partial charge >= 0.3 is 6.09 Å². The number of hydrogen-bond donors (Lipinski definition) is 3. The van der Waals surface area contributed by atoms with Crippen LogP contribution in [0.2, 0.25) is 0 Å². The third-order valence-electron chi connectivity index (χ3n) is 7.34. The van der Waals surface area contributed by atoms with E-state index in [-0.39, 0.29) is 36.6 Å². The highest BCUT2D eigenvalue weighted by molar-refractivity contribution is 6.38. The Morgan fingerprint density at radius 1 is 1.00 bits per heavy atom. The summed E-state index contributed by atoms with van der Waals surface area (Å²) in [5.74, 6) is -2.26. The molecule has 10 heteroatoms. The minimum atomic E-state index is -1.11. The molecule has 0 aromatic rings. The van der Waals surface area contributed by atoms with Crippen LogP contribution >= 0.6 is 0 Å². The number of amides is 4. The molecule has 2 fully saturated rings. The summed E-state index contributed by atoms with van der Waals surface area (Å²) in [6.45, 7) is 17.0. The number of carbonyl (C=O) groups is 5. The molecule has 1 heterocycles. The number of nitrogens with zero attached hydrogens (tertiary/aromatic N) is 1. The van der Waals surface area contributed by atoms with E-state index in [1.54, 1.807) is 20.8 Å². The van der Waals surface area contributed by atoms with Crippen LogP contribution in [-0.2, 0) is 23.9 Å². The fraction of sp³-hybridized carbons (Fsp3) is 0.690. The van der Waals surface area contributed by atoms with Crippen LogP contribution in [0.5, 0.6) is 0 Å². The lowest BCUT2D eigenvalue weighted by atomic mass is 9.93. The first kappa shape index (κ1) is 32.0. The van der Waals surface area contributed by atoms with Gasteiger partial charge in [-0.3, -0.25) is 19.2 Å². The van der Waals surface area contributed by atoms with E-state index < -0.39 is 47.4 Å². The average Bonchev–Trinajstić information content (AvgIpc) is 3.54. The number of alkyl carbamates (subject to hydrolysis) is 1. The largest absolute Gasteiger partial charge is 0.444 e. The molecule has 3 N–H and O–H groups in total. The van der Waals surface area contributed by atoms with Crippen molar-refractivity contribution in [2.24, 2.45) is 17.8 Å². The van der Waals surface area contributed by atoms with Gasteiger partial charge in [-0.25, -0.2) is 4.79 Å². The van der Waals surface area contributed by atoms with Gasteiger partial charge in [0.25, 0.3) is 5.91 Å².